The van der Waals surface area contributed by atoms with E-state index >= 15 is 0 Å². The van der Waals surface area contributed by atoms with Crippen LogP contribution in [-0.4, -0.2) is 36.3 Å². The van der Waals surface area contributed by atoms with E-state index in [1.54, 1.807) is 12.3 Å². The number of alkyl halides is 3. The minimum atomic E-state index is -4.47. The monoisotopic (exact) mass is 419 g/mol. The van der Waals surface area contributed by atoms with Crippen molar-refractivity contribution in [2.24, 2.45) is 0 Å². The van der Waals surface area contributed by atoms with Gasteiger partial charge in [0.15, 0.2) is 0 Å². The van der Waals surface area contributed by atoms with E-state index < -0.39 is 24.7 Å². The van der Waals surface area contributed by atoms with E-state index in [2.05, 4.69) is 10.3 Å². The highest BCUT2D eigenvalue weighted by molar-refractivity contribution is 5.98. The maximum atomic E-state index is 12.3. The Hall–Kier alpha value is -3.49. The molecule has 3 N–H and O–H groups in total. The summed E-state index contributed by atoms with van der Waals surface area (Å²) in [5, 5.41) is 5.21. The van der Waals surface area contributed by atoms with Gasteiger partial charge in [-0.2, -0.15) is 13.2 Å². The molecule has 0 aliphatic rings. The fourth-order valence-electron chi connectivity index (χ4n) is 2.88. The van der Waals surface area contributed by atoms with Gasteiger partial charge in [-0.15, -0.1) is 0 Å². The Morgan fingerprint density at radius 1 is 1.03 bits per heavy atom. The number of H-pyrrole nitrogens is 1. The number of benzene rings is 2. The number of halogens is 3. The van der Waals surface area contributed by atoms with Crippen molar-refractivity contribution in [2.45, 2.75) is 19.2 Å². The predicted octanol–water partition coefficient (Wildman–Crippen LogP) is 3.93. The Morgan fingerprint density at radius 3 is 2.53 bits per heavy atom. The molecule has 2 amide bonds. The maximum absolute atomic E-state index is 12.3. The summed E-state index contributed by atoms with van der Waals surface area (Å²) in [4.78, 5) is 26.8. The number of ether oxygens (including phenoxy) is 1. The first-order chi connectivity index (χ1) is 14.3. The molecule has 1 heterocycles. The maximum Gasteiger partial charge on any atom is 0.407 e. The SMILES string of the molecule is O=C(NCCc1c[nH]c2ccc(C(=O)NCC(F)(F)F)cc12)OCc1ccccc1. The molecule has 0 saturated heterocycles. The zero-order valence-electron chi connectivity index (χ0n) is 15.9. The molecule has 0 bridgehead atoms. The van der Waals surface area contributed by atoms with Crippen LogP contribution in [0.5, 0.6) is 0 Å². The van der Waals surface area contributed by atoms with Crippen molar-refractivity contribution in [1.82, 2.24) is 15.6 Å². The Balaban J connectivity index is 1.54. The van der Waals surface area contributed by atoms with E-state index in [0.717, 1.165) is 16.6 Å². The third-order valence-electron chi connectivity index (χ3n) is 4.36. The standard InChI is InChI=1S/C21H20F3N3O3/c22-21(23,24)13-27-19(28)15-6-7-18-17(10-15)16(11-26-18)8-9-25-20(29)30-12-14-4-2-1-3-5-14/h1-7,10-11,26H,8-9,12-13H2,(H,25,29)(H,27,28). The van der Waals surface area contributed by atoms with Gasteiger partial charge in [0.2, 0.25) is 0 Å². The first-order valence-corrected chi connectivity index (χ1v) is 9.21. The predicted molar refractivity (Wildman–Crippen MR) is 105 cm³/mol. The normalized spacial score (nSPS) is 11.3. The number of carbonyl (C=O) groups excluding carboxylic acids is 2. The second-order valence-electron chi connectivity index (χ2n) is 6.61. The number of carbonyl (C=O) groups is 2. The highest BCUT2D eigenvalue weighted by Crippen LogP contribution is 2.21. The first kappa shape index (κ1) is 21.2. The molecule has 6 nitrogen and oxygen atoms in total. The molecule has 30 heavy (non-hydrogen) atoms. The lowest BCUT2D eigenvalue weighted by Crippen LogP contribution is -2.33. The summed E-state index contributed by atoms with van der Waals surface area (Å²) in [5.41, 5.74) is 2.56. The van der Waals surface area contributed by atoms with Gasteiger partial charge in [0.25, 0.3) is 5.91 Å². The Kier molecular flexibility index (Phi) is 6.61. The number of amides is 2. The lowest BCUT2D eigenvalue weighted by atomic mass is 10.1. The molecule has 0 atom stereocenters. The van der Waals surface area contributed by atoms with Crippen molar-refractivity contribution in [3.8, 4) is 0 Å². The first-order valence-electron chi connectivity index (χ1n) is 9.21. The van der Waals surface area contributed by atoms with Gasteiger partial charge in [0.05, 0.1) is 0 Å². The Labute approximate surface area is 170 Å². The second-order valence-corrected chi connectivity index (χ2v) is 6.61. The van der Waals surface area contributed by atoms with E-state index in [1.807, 2.05) is 35.6 Å². The van der Waals surface area contributed by atoms with Crippen LogP contribution >= 0.6 is 0 Å². The molecule has 0 unspecified atom stereocenters. The number of nitrogens with one attached hydrogen (secondary N) is 3. The average molecular weight is 419 g/mol. The van der Waals surface area contributed by atoms with Crippen LogP contribution in [0.1, 0.15) is 21.5 Å². The number of alkyl carbamates (subject to hydrolysis) is 1. The molecule has 0 aliphatic carbocycles. The Bertz CT molecular complexity index is 1020. The van der Waals surface area contributed by atoms with Gasteiger partial charge in [-0.25, -0.2) is 4.79 Å². The van der Waals surface area contributed by atoms with E-state index in [-0.39, 0.29) is 12.2 Å². The van der Waals surface area contributed by atoms with E-state index in [9.17, 15) is 22.8 Å². The van der Waals surface area contributed by atoms with Gasteiger partial charge in [-0.05, 0) is 35.7 Å². The fraction of sp³-hybridized carbons (Fsp3) is 0.238. The van der Waals surface area contributed by atoms with Gasteiger partial charge in [-0.1, -0.05) is 30.3 Å². The van der Waals surface area contributed by atoms with Crippen LogP contribution in [0.3, 0.4) is 0 Å². The molecule has 1 aromatic heterocycles. The molecular weight excluding hydrogens is 399 g/mol. The quantitative estimate of drug-likeness (QED) is 0.543. The number of hydrogen-bond acceptors (Lipinski definition) is 3. The molecule has 158 valence electrons. The summed E-state index contributed by atoms with van der Waals surface area (Å²) in [5.74, 6) is -0.802. The van der Waals surface area contributed by atoms with Crippen molar-refractivity contribution >= 4 is 22.9 Å². The number of aromatic amines is 1. The summed E-state index contributed by atoms with van der Waals surface area (Å²) in [6, 6.07) is 13.9. The third-order valence-corrected chi connectivity index (χ3v) is 4.36. The summed E-state index contributed by atoms with van der Waals surface area (Å²) < 4.78 is 42.0. The van der Waals surface area contributed by atoms with Crippen LogP contribution in [0, 0.1) is 0 Å². The van der Waals surface area contributed by atoms with E-state index in [0.29, 0.717) is 18.4 Å². The molecule has 3 rings (SSSR count). The van der Waals surface area contributed by atoms with E-state index in [1.165, 1.54) is 12.1 Å². The van der Waals surface area contributed by atoms with Gasteiger partial charge in [0, 0.05) is 29.2 Å². The van der Waals surface area contributed by atoms with Crippen molar-refractivity contribution in [3.63, 3.8) is 0 Å². The van der Waals surface area contributed by atoms with Crippen LogP contribution < -0.4 is 10.6 Å². The molecule has 2 aromatic carbocycles. The molecular formula is C21H20F3N3O3. The smallest absolute Gasteiger partial charge is 0.407 e. The van der Waals surface area contributed by atoms with Gasteiger partial charge in [-0.3, -0.25) is 4.79 Å². The highest BCUT2D eigenvalue weighted by atomic mass is 19.4. The van der Waals surface area contributed by atoms with E-state index in [4.69, 9.17) is 4.74 Å². The zero-order chi connectivity index (χ0) is 21.6. The largest absolute Gasteiger partial charge is 0.445 e. The minimum absolute atomic E-state index is 0.128. The number of hydrogen-bond donors (Lipinski definition) is 3. The molecule has 3 aromatic rings. The summed E-state index contributed by atoms with van der Waals surface area (Å²) in [7, 11) is 0. The minimum Gasteiger partial charge on any atom is -0.445 e. The summed E-state index contributed by atoms with van der Waals surface area (Å²) >= 11 is 0. The Morgan fingerprint density at radius 2 is 1.80 bits per heavy atom. The van der Waals surface area contributed by atoms with Crippen LogP contribution in [0.15, 0.2) is 54.7 Å². The lowest BCUT2D eigenvalue weighted by Gasteiger charge is -2.09. The number of rotatable bonds is 7. The van der Waals surface area contributed by atoms with Gasteiger partial charge in [0.1, 0.15) is 13.2 Å². The molecule has 0 aliphatic heterocycles. The molecule has 0 spiro atoms. The van der Waals surface area contributed by atoms with Gasteiger partial charge < -0.3 is 20.4 Å². The van der Waals surface area contributed by atoms with Crippen LogP contribution in [-0.2, 0) is 17.8 Å². The molecule has 9 heteroatoms. The van der Waals surface area contributed by atoms with Crippen molar-refractivity contribution in [3.05, 3.63) is 71.4 Å². The van der Waals surface area contributed by atoms with Crippen LogP contribution in [0.2, 0.25) is 0 Å². The van der Waals surface area contributed by atoms with Crippen molar-refractivity contribution < 1.29 is 27.5 Å². The van der Waals surface area contributed by atoms with Crippen LogP contribution in [0.4, 0.5) is 18.0 Å². The lowest BCUT2D eigenvalue weighted by molar-refractivity contribution is -0.123. The third kappa shape index (κ3) is 6.00. The summed E-state index contributed by atoms with van der Waals surface area (Å²) in [6.07, 6.45) is -2.83. The topological polar surface area (TPSA) is 83.2 Å². The van der Waals surface area contributed by atoms with Crippen molar-refractivity contribution in [2.75, 3.05) is 13.1 Å². The number of aromatic nitrogens is 1. The zero-order valence-corrected chi connectivity index (χ0v) is 15.9. The molecule has 0 radical (unpaired) electrons. The summed E-state index contributed by atoms with van der Waals surface area (Å²) in [6.45, 7) is -0.930. The molecule has 0 saturated carbocycles. The molecule has 0 fully saturated rings. The number of fused-ring (bicyclic) bond motifs is 1. The fourth-order valence-corrected chi connectivity index (χ4v) is 2.88. The average Bonchev–Trinajstić information content (AvgIpc) is 3.13. The second kappa shape index (κ2) is 9.34. The van der Waals surface area contributed by atoms with Crippen LogP contribution in [0.25, 0.3) is 10.9 Å². The van der Waals surface area contributed by atoms with Crippen molar-refractivity contribution in [1.29, 1.82) is 0 Å². The van der Waals surface area contributed by atoms with Gasteiger partial charge >= 0.3 is 12.3 Å². The highest BCUT2D eigenvalue weighted by Gasteiger charge is 2.28.